The van der Waals surface area contributed by atoms with Gasteiger partial charge in [-0.2, -0.15) is 0 Å². The molecular formula is C54H33N3S. The molecule has 1 spiro atoms. The van der Waals surface area contributed by atoms with Crippen LogP contribution in [0.15, 0.2) is 210 Å². The van der Waals surface area contributed by atoms with Crippen molar-refractivity contribution in [3.05, 3.63) is 222 Å². The number of nitrogens with zero attached hydrogens (tertiary/aromatic N) is 3. The molecule has 11 aromatic rings. The summed E-state index contributed by atoms with van der Waals surface area (Å²) in [5.74, 6) is 0. The normalized spacial score (nSPS) is 15.2. The number of fused-ring (bicyclic) bond motifs is 15. The fourth-order valence-electron chi connectivity index (χ4n) is 10.3. The van der Waals surface area contributed by atoms with E-state index in [1.807, 2.05) is 11.8 Å². The highest BCUT2D eigenvalue weighted by Gasteiger charge is 2.50. The summed E-state index contributed by atoms with van der Waals surface area (Å²) < 4.78 is 4.99. The Balaban J connectivity index is 1.16. The van der Waals surface area contributed by atoms with Gasteiger partial charge in [0.05, 0.1) is 50.2 Å². The largest absolute Gasteiger partial charge is 0.309 e. The van der Waals surface area contributed by atoms with Gasteiger partial charge in [-0.1, -0.05) is 169 Å². The van der Waals surface area contributed by atoms with Crippen molar-refractivity contribution in [2.24, 2.45) is 0 Å². The maximum absolute atomic E-state index is 5.25. The van der Waals surface area contributed by atoms with E-state index in [1.165, 1.54) is 81.3 Å². The van der Waals surface area contributed by atoms with Crippen molar-refractivity contribution >= 4 is 55.4 Å². The lowest BCUT2D eigenvalue weighted by Crippen LogP contribution is -2.37. The van der Waals surface area contributed by atoms with E-state index in [1.54, 1.807) is 0 Å². The third kappa shape index (κ3) is 4.17. The number of aromatic nitrogens is 3. The Hall–Kier alpha value is -7.14. The van der Waals surface area contributed by atoms with Crippen LogP contribution in [0.25, 0.3) is 77.5 Å². The molecule has 0 fully saturated rings. The number of para-hydroxylation sites is 4. The average Bonchev–Trinajstić information content (AvgIpc) is 3.82. The van der Waals surface area contributed by atoms with E-state index in [0.29, 0.717) is 0 Å². The van der Waals surface area contributed by atoms with Gasteiger partial charge in [-0.3, -0.25) is 0 Å². The van der Waals surface area contributed by atoms with E-state index in [9.17, 15) is 0 Å². The second-order valence-electron chi connectivity index (χ2n) is 15.4. The third-order valence-corrected chi connectivity index (χ3v) is 13.8. The SMILES string of the molecule is c1ccc(-c2cc(-n3c4ccccc4c4c5c(ccc43)C3(c4ccccc4S5)c4ccccc4-n4c5ccccc5c5cccc3c54)cc(-c3ccccc3)n2)cc1. The minimum atomic E-state index is -0.549. The molecule has 0 aliphatic carbocycles. The lowest BCUT2D eigenvalue weighted by atomic mass is 9.62. The molecule has 1 unspecified atom stereocenters. The lowest BCUT2D eigenvalue weighted by molar-refractivity contribution is 0.692. The molecule has 2 aliphatic rings. The first-order valence-corrected chi connectivity index (χ1v) is 20.7. The van der Waals surface area contributed by atoms with E-state index in [0.717, 1.165) is 28.2 Å². The van der Waals surface area contributed by atoms with Crippen molar-refractivity contribution in [3.8, 4) is 33.9 Å². The Morgan fingerprint density at radius 1 is 0.414 bits per heavy atom. The molecule has 0 saturated heterocycles. The predicted molar refractivity (Wildman–Crippen MR) is 240 cm³/mol. The minimum absolute atomic E-state index is 0.549. The van der Waals surface area contributed by atoms with E-state index in [-0.39, 0.29) is 0 Å². The highest BCUT2D eigenvalue weighted by molar-refractivity contribution is 7.99. The summed E-state index contributed by atoms with van der Waals surface area (Å²) in [7, 11) is 0. The Kier molecular flexibility index (Phi) is 6.59. The van der Waals surface area contributed by atoms with Gasteiger partial charge in [0.15, 0.2) is 0 Å². The van der Waals surface area contributed by atoms with Gasteiger partial charge in [-0.05, 0) is 64.7 Å². The molecule has 0 bridgehead atoms. The summed E-state index contributed by atoms with van der Waals surface area (Å²) >= 11 is 1.92. The van der Waals surface area contributed by atoms with Gasteiger partial charge in [0.25, 0.3) is 0 Å². The zero-order chi connectivity index (χ0) is 38.0. The van der Waals surface area contributed by atoms with E-state index in [2.05, 4.69) is 209 Å². The van der Waals surface area contributed by atoms with Crippen molar-refractivity contribution in [2.45, 2.75) is 15.2 Å². The molecule has 3 nitrogen and oxygen atoms in total. The second kappa shape index (κ2) is 11.9. The minimum Gasteiger partial charge on any atom is -0.309 e. The number of pyridine rings is 1. The van der Waals surface area contributed by atoms with Crippen LogP contribution in [-0.4, -0.2) is 14.1 Å². The maximum atomic E-state index is 5.25. The van der Waals surface area contributed by atoms with Crippen molar-refractivity contribution in [1.29, 1.82) is 0 Å². The summed E-state index contributed by atoms with van der Waals surface area (Å²) in [5, 5.41) is 5.10. The summed E-state index contributed by atoms with van der Waals surface area (Å²) in [4.78, 5) is 7.85. The monoisotopic (exact) mass is 755 g/mol. The van der Waals surface area contributed by atoms with Crippen LogP contribution in [0, 0.1) is 0 Å². The Labute approximate surface area is 339 Å². The molecule has 0 amide bonds. The highest BCUT2D eigenvalue weighted by atomic mass is 32.2. The zero-order valence-corrected chi connectivity index (χ0v) is 32.1. The van der Waals surface area contributed by atoms with Crippen molar-refractivity contribution in [1.82, 2.24) is 14.1 Å². The van der Waals surface area contributed by atoms with Crippen LogP contribution >= 0.6 is 11.8 Å². The molecule has 5 heterocycles. The fourth-order valence-corrected chi connectivity index (χ4v) is 11.6. The third-order valence-electron chi connectivity index (χ3n) is 12.6. The first-order valence-electron chi connectivity index (χ1n) is 19.9. The number of rotatable bonds is 3. The van der Waals surface area contributed by atoms with Crippen LogP contribution in [0.5, 0.6) is 0 Å². The van der Waals surface area contributed by atoms with Crippen molar-refractivity contribution in [3.63, 3.8) is 0 Å². The standard InChI is InChI=1S/C54H33N3S/c1-3-16-34(17-4-1)44-32-36(33-45(55-44)35-18-5-2-6-19-35)56-47-27-12-8-21-39(47)51-49(56)31-30-43-53(51)58-50-29-14-10-24-41(50)54(43)40-23-9-13-28-48(40)57-46-26-11-7-20-37(46)38-22-15-25-42(54)52(38)57/h1-33H. The van der Waals surface area contributed by atoms with Gasteiger partial charge in [0.2, 0.25) is 0 Å². The topological polar surface area (TPSA) is 22.8 Å². The molecule has 270 valence electrons. The van der Waals surface area contributed by atoms with Gasteiger partial charge in [-0.25, -0.2) is 4.98 Å². The Morgan fingerprint density at radius 3 is 1.76 bits per heavy atom. The summed E-state index contributed by atoms with van der Waals surface area (Å²) in [6.07, 6.45) is 0. The molecule has 4 heteroatoms. The van der Waals surface area contributed by atoms with Crippen LogP contribution in [0.3, 0.4) is 0 Å². The molecule has 2 aliphatic heterocycles. The van der Waals surface area contributed by atoms with Crippen LogP contribution in [-0.2, 0) is 5.41 Å². The van der Waals surface area contributed by atoms with Crippen molar-refractivity contribution < 1.29 is 0 Å². The number of hydrogen-bond donors (Lipinski definition) is 0. The van der Waals surface area contributed by atoms with Gasteiger partial charge in [0.1, 0.15) is 0 Å². The Morgan fingerprint density at radius 2 is 1.00 bits per heavy atom. The van der Waals surface area contributed by atoms with Gasteiger partial charge < -0.3 is 9.13 Å². The molecular weight excluding hydrogens is 723 g/mol. The number of hydrogen-bond acceptors (Lipinski definition) is 2. The van der Waals surface area contributed by atoms with Gasteiger partial charge in [0, 0.05) is 42.5 Å². The van der Waals surface area contributed by atoms with E-state index in [4.69, 9.17) is 4.98 Å². The van der Waals surface area contributed by atoms with Crippen LogP contribution in [0.1, 0.15) is 22.3 Å². The molecule has 1 atom stereocenters. The van der Waals surface area contributed by atoms with E-state index < -0.39 is 5.41 Å². The zero-order valence-electron chi connectivity index (χ0n) is 31.3. The molecule has 0 saturated carbocycles. The fraction of sp³-hybridized carbons (Fsp3) is 0.0185. The molecule has 0 N–H and O–H groups in total. The molecule has 8 aromatic carbocycles. The van der Waals surface area contributed by atoms with Gasteiger partial charge >= 0.3 is 0 Å². The molecule has 13 rings (SSSR count). The molecule has 0 radical (unpaired) electrons. The van der Waals surface area contributed by atoms with Crippen LogP contribution < -0.4 is 0 Å². The van der Waals surface area contributed by atoms with Crippen molar-refractivity contribution in [2.75, 3.05) is 0 Å². The van der Waals surface area contributed by atoms with Gasteiger partial charge in [-0.15, -0.1) is 0 Å². The molecule has 3 aromatic heterocycles. The van der Waals surface area contributed by atoms with E-state index >= 15 is 0 Å². The summed E-state index contributed by atoms with van der Waals surface area (Å²) in [6.45, 7) is 0. The quantitative estimate of drug-likeness (QED) is 0.179. The average molecular weight is 756 g/mol. The maximum Gasteiger partial charge on any atom is 0.0764 e. The smallest absolute Gasteiger partial charge is 0.0764 e. The first-order chi connectivity index (χ1) is 28.8. The summed E-state index contributed by atoms with van der Waals surface area (Å²) in [5.41, 5.74) is 16.0. The lowest BCUT2D eigenvalue weighted by Gasteiger charge is -2.45. The number of benzene rings is 8. The summed E-state index contributed by atoms with van der Waals surface area (Å²) in [6, 6.07) is 73.5. The highest BCUT2D eigenvalue weighted by Crippen LogP contribution is 2.62. The van der Waals surface area contributed by atoms with Crippen LogP contribution in [0.2, 0.25) is 0 Å². The second-order valence-corrected chi connectivity index (χ2v) is 16.5. The Bertz CT molecular complexity index is 3430. The van der Waals surface area contributed by atoms with Crippen LogP contribution in [0.4, 0.5) is 0 Å². The molecule has 58 heavy (non-hydrogen) atoms. The predicted octanol–water partition coefficient (Wildman–Crippen LogP) is 13.8. The first kappa shape index (κ1) is 32.0.